The zero-order valence-electron chi connectivity index (χ0n) is 23.9. The van der Waals surface area contributed by atoms with Crippen molar-refractivity contribution in [2.75, 3.05) is 0 Å². The van der Waals surface area contributed by atoms with E-state index in [4.69, 9.17) is 11.6 Å². The molecule has 2 N–H and O–H groups in total. The molecule has 2 aromatic carbocycles. The van der Waals surface area contributed by atoms with E-state index < -0.39 is 37.6 Å². The van der Waals surface area contributed by atoms with Crippen LogP contribution in [0.1, 0.15) is 66.0 Å². The number of aromatic amines is 1. The van der Waals surface area contributed by atoms with Crippen molar-refractivity contribution in [2.45, 2.75) is 45.8 Å². The molecule has 3 aromatic heterocycles. The maximum atomic E-state index is 13.7. The standard InChI is InChI=1S/C16H14ClFN4O2.C15H14O4S.CH4/c1-7(2)11-12(8(3)4-5-19-11)22-14-9(15(23)21-16(22)24)6-10(18)13(17)20-14;16-14(12-7-3-1-4-8-12)11-15(20(17,18)19)13-9-5-2-6-10-13;/h4-7H,1-3H3,(H,21,23,24);1-10,15H,11H2,(H,17,18,19);1H4/t;15-;/m.0./s1. The first kappa shape index (κ1) is 35.0. The number of Topliss-reactive ketones (excluding diaryl/α,β-unsaturated/α-hetero) is 1. The number of fused-ring (bicyclic) bond motifs is 1. The topological polar surface area (TPSA) is 152 Å². The highest BCUT2D eigenvalue weighted by molar-refractivity contribution is 7.86. The summed E-state index contributed by atoms with van der Waals surface area (Å²) in [6, 6.07) is 19.4. The third kappa shape index (κ3) is 7.96. The van der Waals surface area contributed by atoms with Gasteiger partial charge in [-0.05, 0) is 36.1 Å². The second kappa shape index (κ2) is 14.5. The first-order valence-electron chi connectivity index (χ1n) is 13.4. The van der Waals surface area contributed by atoms with Crippen LogP contribution >= 0.6 is 11.6 Å². The van der Waals surface area contributed by atoms with Crippen LogP contribution in [0.3, 0.4) is 0 Å². The minimum Gasteiger partial charge on any atom is -0.294 e. The molecule has 3 heterocycles. The monoisotopic (exact) mass is 654 g/mol. The first-order valence-corrected chi connectivity index (χ1v) is 15.2. The number of carbonyl (C=O) groups is 1. The second-order valence-corrected chi connectivity index (χ2v) is 12.1. The Labute approximate surface area is 264 Å². The zero-order chi connectivity index (χ0) is 32.2. The van der Waals surface area contributed by atoms with Gasteiger partial charge in [-0.15, -0.1) is 0 Å². The number of carbonyl (C=O) groups excluding carboxylic acids is 1. The molecule has 5 aromatic rings. The molecule has 0 saturated heterocycles. The van der Waals surface area contributed by atoms with Crippen molar-refractivity contribution in [1.82, 2.24) is 19.5 Å². The molecule has 0 aliphatic rings. The fourth-order valence-corrected chi connectivity index (χ4v) is 5.57. The van der Waals surface area contributed by atoms with Crippen molar-refractivity contribution in [3.63, 3.8) is 0 Å². The SMILES string of the molecule is C.Cc1ccnc(C(C)C)c1-n1c(=O)[nH]c(=O)c2cc(F)c(Cl)nc21.O=C(C[C@@H](c1ccccc1)S(=O)(=O)O)c1ccccc1. The van der Waals surface area contributed by atoms with E-state index in [-0.39, 0.29) is 36.6 Å². The van der Waals surface area contributed by atoms with E-state index in [9.17, 15) is 31.7 Å². The number of halogens is 2. The van der Waals surface area contributed by atoms with Crippen LogP contribution in [0.2, 0.25) is 5.15 Å². The van der Waals surface area contributed by atoms with Crippen molar-refractivity contribution in [3.8, 4) is 5.69 Å². The van der Waals surface area contributed by atoms with Gasteiger partial charge < -0.3 is 0 Å². The number of rotatable bonds is 7. The number of hydrogen-bond acceptors (Lipinski definition) is 7. The Hall–Kier alpha value is -4.52. The highest BCUT2D eigenvalue weighted by Crippen LogP contribution is 2.27. The fourth-order valence-electron chi connectivity index (χ4n) is 4.58. The van der Waals surface area contributed by atoms with Gasteiger partial charge in [0.1, 0.15) is 5.25 Å². The van der Waals surface area contributed by atoms with Gasteiger partial charge in [0.25, 0.3) is 15.7 Å². The largest absolute Gasteiger partial charge is 0.334 e. The van der Waals surface area contributed by atoms with Gasteiger partial charge in [-0.2, -0.15) is 8.42 Å². The summed E-state index contributed by atoms with van der Waals surface area (Å²) in [5, 5.41) is -1.71. The molecule has 0 amide bonds. The molecule has 0 bridgehead atoms. The van der Waals surface area contributed by atoms with Crippen molar-refractivity contribution < 1.29 is 22.2 Å². The summed E-state index contributed by atoms with van der Waals surface area (Å²) in [6.07, 6.45) is 1.36. The van der Waals surface area contributed by atoms with E-state index in [2.05, 4.69) is 15.0 Å². The van der Waals surface area contributed by atoms with Crippen LogP contribution in [0.25, 0.3) is 16.7 Å². The number of pyridine rings is 2. The molecule has 0 radical (unpaired) electrons. The Morgan fingerprint density at radius 3 is 2.22 bits per heavy atom. The van der Waals surface area contributed by atoms with Crippen molar-refractivity contribution in [1.29, 1.82) is 0 Å². The molecule has 5 rings (SSSR count). The summed E-state index contributed by atoms with van der Waals surface area (Å²) in [4.78, 5) is 47.1. The smallest absolute Gasteiger partial charge is 0.294 e. The lowest BCUT2D eigenvalue weighted by Crippen LogP contribution is -2.31. The highest BCUT2D eigenvalue weighted by Gasteiger charge is 2.28. The highest BCUT2D eigenvalue weighted by atomic mass is 35.5. The minimum absolute atomic E-state index is 0. The molecule has 10 nitrogen and oxygen atoms in total. The molecule has 0 saturated carbocycles. The van der Waals surface area contributed by atoms with Crippen molar-refractivity contribution in [3.05, 3.63) is 133 Å². The van der Waals surface area contributed by atoms with Gasteiger partial charge in [0, 0.05) is 18.2 Å². The molecule has 45 heavy (non-hydrogen) atoms. The first-order chi connectivity index (χ1) is 20.8. The summed E-state index contributed by atoms with van der Waals surface area (Å²) < 4.78 is 47.3. The molecular formula is C32H32ClFN4O6S. The van der Waals surface area contributed by atoms with Gasteiger partial charge in [-0.3, -0.25) is 24.1 Å². The van der Waals surface area contributed by atoms with Crippen LogP contribution in [0.4, 0.5) is 4.39 Å². The van der Waals surface area contributed by atoms with Gasteiger partial charge in [-0.1, -0.05) is 93.5 Å². The summed E-state index contributed by atoms with van der Waals surface area (Å²) in [5.41, 5.74) is 1.36. The van der Waals surface area contributed by atoms with Crippen LogP contribution in [0, 0.1) is 12.7 Å². The minimum atomic E-state index is -4.34. The fraction of sp³-hybridized carbons (Fsp3) is 0.219. The van der Waals surface area contributed by atoms with Crippen LogP contribution in [0.5, 0.6) is 0 Å². The van der Waals surface area contributed by atoms with Crippen LogP contribution in [-0.2, 0) is 10.1 Å². The van der Waals surface area contributed by atoms with Gasteiger partial charge in [-0.25, -0.2) is 18.7 Å². The lowest BCUT2D eigenvalue weighted by molar-refractivity contribution is 0.0979. The van der Waals surface area contributed by atoms with E-state index in [0.29, 0.717) is 22.5 Å². The van der Waals surface area contributed by atoms with Crippen LogP contribution < -0.4 is 11.2 Å². The van der Waals surface area contributed by atoms with Gasteiger partial charge in [0.2, 0.25) is 0 Å². The van der Waals surface area contributed by atoms with Crippen LogP contribution in [0.15, 0.2) is 88.6 Å². The van der Waals surface area contributed by atoms with E-state index >= 15 is 0 Å². The van der Waals surface area contributed by atoms with E-state index in [1.807, 2.05) is 20.8 Å². The maximum absolute atomic E-state index is 13.7. The van der Waals surface area contributed by atoms with Gasteiger partial charge >= 0.3 is 5.69 Å². The quantitative estimate of drug-likeness (QED) is 0.119. The number of ketones is 1. The molecule has 0 unspecified atom stereocenters. The zero-order valence-corrected chi connectivity index (χ0v) is 25.4. The lowest BCUT2D eigenvalue weighted by Gasteiger charge is -2.17. The molecule has 236 valence electrons. The normalized spacial score (nSPS) is 11.8. The Morgan fingerprint density at radius 2 is 1.64 bits per heavy atom. The Balaban J connectivity index is 0.000000244. The van der Waals surface area contributed by atoms with Crippen molar-refractivity contribution >= 4 is 38.5 Å². The van der Waals surface area contributed by atoms with Gasteiger partial charge in [0.05, 0.1) is 16.8 Å². The molecule has 0 aliphatic carbocycles. The van der Waals surface area contributed by atoms with E-state index in [0.717, 1.165) is 11.6 Å². The number of hydrogen-bond donors (Lipinski definition) is 2. The predicted molar refractivity (Wildman–Crippen MR) is 172 cm³/mol. The average Bonchev–Trinajstić information content (AvgIpc) is 2.98. The van der Waals surface area contributed by atoms with E-state index in [1.54, 1.807) is 72.9 Å². The number of nitrogens with one attached hydrogen (secondary N) is 1. The van der Waals surface area contributed by atoms with Crippen LogP contribution in [-0.4, -0.2) is 38.3 Å². The molecular weight excluding hydrogens is 623 g/mol. The molecule has 0 aliphatic heterocycles. The third-order valence-electron chi connectivity index (χ3n) is 6.72. The summed E-state index contributed by atoms with van der Waals surface area (Å²) in [5.74, 6) is -1.13. The second-order valence-electron chi connectivity index (χ2n) is 10.2. The Morgan fingerprint density at radius 1 is 1.04 bits per heavy atom. The molecule has 0 spiro atoms. The molecule has 0 fully saturated rings. The number of aryl methyl sites for hydroxylation is 1. The maximum Gasteiger partial charge on any atom is 0.334 e. The number of aromatic nitrogens is 4. The Bertz CT molecular complexity index is 2050. The summed E-state index contributed by atoms with van der Waals surface area (Å²) in [6.45, 7) is 5.69. The van der Waals surface area contributed by atoms with E-state index in [1.165, 1.54) is 4.57 Å². The Kier molecular flexibility index (Phi) is 11.3. The third-order valence-corrected chi connectivity index (χ3v) is 8.14. The summed E-state index contributed by atoms with van der Waals surface area (Å²) in [7, 11) is -4.34. The number of benzene rings is 2. The molecule has 13 heteroatoms. The van der Waals surface area contributed by atoms with Gasteiger partial charge in [0.15, 0.2) is 22.4 Å². The average molecular weight is 655 g/mol. The number of H-pyrrole nitrogens is 1. The lowest BCUT2D eigenvalue weighted by atomic mass is 10.0. The predicted octanol–water partition coefficient (Wildman–Crippen LogP) is 6.22. The molecule has 1 atom stereocenters. The van der Waals surface area contributed by atoms with Crippen molar-refractivity contribution in [2.24, 2.45) is 0 Å². The number of nitrogens with zero attached hydrogens (tertiary/aromatic N) is 3. The summed E-state index contributed by atoms with van der Waals surface area (Å²) >= 11 is 5.76.